The van der Waals surface area contributed by atoms with E-state index in [1.165, 1.54) is 6.42 Å². The SMILES string of the molecule is CCC.CCCOC(=O)C(C)N. The zero-order valence-corrected chi connectivity index (χ0v) is 8.59. The summed E-state index contributed by atoms with van der Waals surface area (Å²) in [7, 11) is 0. The van der Waals surface area contributed by atoms with E-state index in [0.717, 1.165) is 6.42 Å². The zero-order valence-electron chi connectivity index (χ0n) is 8.59. The first-order valence-corrected chi connectivity index (χ1v) is 4.52. The molecule has 74 valence electrons. The highest BCUT2D eigenvalue weighted by Crippen LogP contribution is 1.85. The average molecular weight is 175 g/mol. The van der Waals surface area contributed by atoms with Crippen LogP contribution >= 0.6 is 0 Å². The molecule has 1 atom stereocenters. The molecule has 1 unspecified atom stereocenters. The van der Waals surface area contributed by atoms with Crippen molar-refractivity contribution >= 4 is 5.97 Å². The van der Waals surface area contributed by atoms with Crippen LogP contribution < -0.4 is 5.73 Å². The van der Waals surface area contributed by atoms with Gasteiger partial charge < -0.3 is 10.5 Å². The van der Waals surface area contributed by atoms with Gasteiger partial charge in [0.25, 0.3) is 0 Å². The van der Waals surface area contributed by atoms with Gasteiger partial charge >= 0.3 is 5.97 Å². The molecule has 0 aromatic heterocycles. The number of hydrogen-bond acceptors (Lipinski definition) is 3. The van der Waals surface area contributed by atoms with Crippen molar-refractivity contribution in [2.24, 2.45) is 5.73 Å². The lowest BCUT2D eigenvalue weighted by molar-refractivity contribution is -0.144. The molecule has 0 saturated heterocycles. The number of carbonyl (C=O) groups excluding carboxylic acids is 1. The molecule has 0 heterocycles. The van der Waals surface area contributed by atoms with E-state index >= 15 is 0 Å². The minimum absolute atomic E-state index is 0.322. The zero-order chi connectivity index (χ0) is 9.98. The molecular weight excluding hydrogens is 154 g/mol. The van der Waals surface area contributed by atoms with Gasteiger partial charge in [-0.05, 0) is 13.3 Å². The minimum Gasteiger partial charge on any atom is -0.465 e. The van der Waals surface area contributed by atoms with Crippen LogP contribution in [0.2, 0.25) is 0 Å². The van der Waals surface area contributed by atoms with E-state index in [-0.39, 0.29) is 5.97 Å². The van der Waals surface area contributed by atoms with Gasteiger partial charge in [0.2, 0.25) is 0 Å². The van der Waals surface area contributed by atoms with Crippen LogP contribution in [-0.2, 0) is 9.53 Å². The number of hydrogen-bond donors (Lipinski definition) is 1. The highest BCUT2D eigenvalue weighted by Gasteiger charge is 2.06. The van der Waals surface area contributed by atoms with Crippen LogP contribution in [0.4, 0.5) is 0 Å². The summed E-state index contributed by atoms with van der Waals surface area (Å²) in [5.41, 5.74) is 5.20. The fraction of sp³-hybridized carbons (Fsp3) is 0.889. The third-order valence-corrected chi connectivity index (χ3v) is 0.820. The molecule has 0 amide bonds. The quantitative estimate of drug-likeness (QED) is 0.664. The van der Waals surface area contributed by atoms with Gasteiger partial charge in [-0.1, -0.05) is 27.2 Å². The maximum Gasteiger partial charge on any atom is 0.322 e. The predicted molar refractivity (Wildman–Crippen MR) is 50.9 cm³/mol. The maximum absolute atomic E-state index is 10.6. The van der Waals surface area contributed by atoms with Crippen LogP contribution in [0.5, 0.6) is 0 Å². The Morgan fingerprint density at radius 1 is 1.42 bits per heavy atom. The molecule has 0 saturated carbocycles. The summed E-state index contributed by atoms with van der Waals surface area (Å²) in [4.78, 5) is 10.6. The third kappa shape index (κ3) is 12.1. The lowest BCUT2D eigenvalue weighted by atomic mass is 10.4. The molecule has 2 N–H and O–H groups in total. The van der Waals surface area contributed by atoms with E-state index in [1.54, 1.807) is 6.92 Å². The molecule has 0 fully saturated rings. The van der Waals surface area contributed by atoms with Crippen molar-refractivity contribution in [2.75, 3.05) is 6.61 Å². The van der Waals surface area contributed by atoms with Crippen molar-refractivity contribution < 1.29 is 9.53 Å². The molecule has 0 bridgehead atoms. The second-order valence-corrected chi connectivity index (χ2v) is 2.66. The van der Waals surface area contributed by atoms with Crippen LogP contribution in [0.25, 0.3) is 0 Å². The fourth-order valence-corrected chi connectivity index (χ4v) is 0.334. The van der Waals surface area contributed by atoms with Crippen LogP contribution in [0.1, 0.15) is 40.5 Å². The first-order valence-electron chi connectivity index (χ1n) is 4.52. The second kappa shape index (κ2) is 10.4. The topological polar surface area (TPSA) is 52.3 Å². The molecule has 0 spiro atoms. The molecule has 0 aliphatic carbocycles. The first-order chi connectivity index (χ1) is 5.59. The minimum atomic E-state index is -0.489. The van der Waals surface area contributed by atoms with E-state index in [9.17, 15) is 4.79 Å². The van der Waals surface area contributed by atoms with Crippen molar-refractivity contribution in [1.29, 1.82) is 0 Å². The number of rotatable bonds is 3. The van der Waals surface area contributed by atoms with Gasteiger partial charge in [0.15, 0.2) is 0 Å². The Hall–Kier alpha value is -0.570. The number of nitrogens with two attached hydrogens (primary N) is 1. The number of carbonyl (C=O) groups is 1. The molecule has 3 heteroatoms. The summed E-state index contributed by atoms with van der Waals surface area (Å²) in [5, 5.41) is 0. The highest BCUT2D eigenvalue weighted by atomic mass is 16.5. The lowest BCUT2D eigenvalue weighted by Gasteiger charge is -2.03. The summed E-state index contributed by atoms with van der Waals surface area (Å²) in [5.74, 6) is -0.322. The Balaban J connectivity index is 0. The summed E-state index contributed by atoms with van der Waals surface area (Å²) in [6, 6.07) is -0.489. The monoisotopic (exact) mass is 175 g/mol. The van der Waals surface area contributed by atoms with Crippen molar-refractivity contribution in [3.05, 3.63) is 0 Å². The van der Waals surface area contributed by atoms with Crippen molar-refractivity contribution in [3.63, 3.8) is 0 Å². The van der Waals surface area contributed by atoms with Crippen LogP contribution in [0, 0.1) is 0 Å². The van der Waals surface area contributed by atoms with Gasteiger partial charge in [0.1, 0.15) is 6.04 Å². The van der Waals surface area contributed by atoms with Gasteiger partial charge in [-0.2, -0.15) is 0 Å². The van der Waals surface area contributed by atoms with Crippen molar-refractivity contribution in [1.82, 2.24) is 0 Å². The lowest BCUT2D eigenvalue weighted by Crippen LogP contribution is -2.28. The van der Waals surface area contributed by atoms with Crippen LogP contribution in [0.15, 0.2) is 0 Å². The number of ether oxygens (including phenoxy) is 1. The molecule has 0 aliphatic heterocycles. The summed E-state index contributed by atoms with van der Waals surface area (Å²) < 4.78 is 4.69. The summed E-state index contributed by atoms with van der Waals surface area (Å²) in [6.07, 6.45) is 2.10. The predicted octanol–water partition coefficient (Wildman–Crippen LogP) is 1.70. The molecule has 12 heavy (non-hydrogen) atoms. The first kappa shape index (κ1) is 14.0. The Labute approximate surface area is 75.3 Å². The molecule has 0 radical (unpaired) electrons. The molecule has 0 aromatic carbocycles. The molecular formula is C9H21NO2. The summed E-state index contributed by atoms with van der Waals surface area (Å²) in [6.45, 7) is 8.27. The van der Waals surface area contributed by atoms with E-state index < -0.39 is 6.04 Å². The Morgan fingerprint density at radius 3 is 2.08 bits per heavy atom. The largest absolute Gasteiger partial charge is 0.465 e. The third-order valence-electron chi connectivity index (χ3n) is 0.820. The molecule has 0 aromatic rings. The van der Waals surface area contributed by atoms with E-state index in [4.69, 9.17) is 5.73 Å². The van der Waals surface area contributed by atoms with Crippen LogP contribution in [-0.4, -0.2) is 18.6 Å². The van der Waals surface area contributed by atoms with Gasteiger partial charge in [-0.25, -0.2) is 0 Å². The van der Waals surface area contributed by atoms with Crippen molar-refractivity contribution in [3.8, 4) is 0 Å². The number of esters is 1. The normalized spacial score (nSPS) is 11.1. The van der Waals surface area contributed by atoms with Gasteiger partial charge in [-0.3, -0.25) is 4.79 Å². The van der Waals surface area contributed by atoms with E-state index in [0.29, 0.717) is 6.61 Å². The highest BCUT2D eigenvalue weighted by molar-refractivity contribution is 5.74. The Morgan fingerprint density at radius 2 is 1.83 bits per heavy atom. The molecule has 0 rings (SSSR count). The average Bonchev–Trinajstić information content (AvgIpc) is 2.01. The maximum atomic E-state index is 10.6. The Bertz CT molecular complexity index is 103. The van der Waals surface area contributed by atoms with E-state index in [1.807, 2.05) is 6.92 Å². The second-order valence-electron chi connectivity index (χ2n) is 2.66. The van der Waals surface area contributed by atoms with Gasteiger partial charge in [0.05, 0.1) is 6.61 Å². The van der Waals surface area contributed by atoms with Gasteiger partial charge in [-0.15, -0.1) is 0 Å². The summed E-state index contributed by atoms with van der Waals surface area (Å²) >= 11 is 0. The van der Waals surface area contributed by atoms with Gasteiger partial charge in [0, 0.05) is 0 Å². The van der Waals surface area contributed by atoms with Crippen molar-refractivity contribution in [2.45, 2.75) is 46.6 Å². The van der Waals surface area contributed by atoms with E-state index in [2.05, 4.69) is 18.6 Å². The fourth-order valence-electron chi connectivity index (χ4n) is 0.334. The molecule has 3 nitrogen and oxygen atoms in total. The Kier molecular flexibility index (Phi) is 12.2. The smallest absolute Gasteiger partial charge is 0.322 e. The van der Waals surface area contributed by atoms with Crippen LogP contribution in [0.3, 0.4) is 0 Å². The molecule has 0 aliphatic rings. The standard InChI is InChI=1S/C6H13NO2.C3H8/c1-3-4-9-6(8)5(2)7;1-3-2/h5H,3-4,7H2,1-2H3;3H2,1-2H3.